The molecule has 2 N–H and O–H groups in total. The van der Waals surface area contributed by atoms with Gasteiger partial charge in [-0.25, -0.2) is 13.4 Å². The van der Waals surface area contributed by atoms with Gasteiger partial charge >= 0.3 is 0 Å². The molecule has 0 bridgehead atoms. The Morgan fingerprint density at radius 2 is 1.76 bits per heavy atom. The van der Waals surface area contributed by atoms with E-state index in [0.717, 1.165) is 9.87 Å². The number of aryl methyl sites for hydroxylation is 2. The summed E-state index contributed by atoms with van der Waals surface area (Å²) in [7, 11) is -2.51. The minimum Gasteiger partial charge on any atom is -0.496 e. The molecule has 3 aromatic carbocycles. The maximum atomic E-state index is 13.6. The van der Waals surface area contributed by atoms with Crippen LogP contribution in [0.3, 0.4) is 0 Å². The molecule has 0 unspecified atom stereocenters. The van der Waals surface area contributed by atoms with Crippen molar-refractivity contribution in [3.8, 4) is 17.1 Å². The van der Waals surface area contributed by atoms with Gasteiger partial charge in [0.1, 0.15) is 11.6 Å². The molecule has 1 heterocycles. The Morgan fingerprint density at radius 3 is 2.45 bits per heavy atom. The third kappa shape index (κ3) is 6.34. The summed E-state index contributed by atoms with van der Waals surface area (Å²) in [5.41, 5.74) is 2.73. The van der Waals surface area contributed by atoms with Crippen LogP contribution in [0.4, 0.5) is 5.69 Å². The highest BCUT2D eigenvalue weighted by Crippen LogP contribution is 2.25. The third-order valence-electron chi connectivity index (χ3n) is 5.82. The van der Waals surface area contributed by atoms with E-state index in [0.29, 0.717) is 34.1 Å². The van der Waals surface area contributed by atoms with Crippen molar-refractivity contribution in [3.05, 3.63) is 106 Å². The van der Waals surface area contributed by atoms with Gasteiger partial charge < -0.3 is 15.0 Å². The quantitative estimate of drug-likeness (QED) is 0.337. The van der Waals surface area contributed by atoms with Crippen LogP contribution < -0.4 is 15.6 Å². The van der Waals surface area contributed by atoms with E-state index in [-0.39, 0.29) is 17.0 Å². The van der Waals surface area contributed by atoms with E-state index in [1.807, 2.05) is 18.2 Å². The molecule has 0 saturated carbocycles. The average molecular weight is 533 g/mol. The van der Waals surface area contributed by atoms with Crippen molar-refractivity contribution in [3.63, 3.8) is 0 Å². The SMILES string of the molecule is COc1ccc(S(=O)(=O)N(CC(=O)Nc2cccc(-c3nc(C)cc(=O)[nH]3)c2)Cc2ccccc2)cc1C. The zero-order valence-electron chi connectivity index (χ0n) is 21.3. The molecule has 0 saturated heterocycles. The van der Waals surface area contributed by atoms with Crippen molar-refractivity contribution in [1.29, 1.82) is 0 Å². The third-order valence-corrected chi connectivity index (χ3v) is 7.60. The molecular formula is C28H28N4O5S. The van der Waals surface area contributed by atoms with Crippen LogP contribution in [0.15, 0.2) is 88.6 Å². The van der Waals surface area contributed by atoms with Crippen LogP contribution in [0.1, 0.15) is 16.8 Å². The molecule has 196 valence electrons. The molecule has 0 aliphatic heterocycles. The van der Waals surface area contributed by atoms with Crippen LogP contribution in [0.25, 0.3) is 11.4 Å². The van der Waals surface area contributed by atoms with Gasteiger partial charge in [-0.2, -0.15) is 4.31 Å². The van der Waals surface area contributed by atoms with Crippen molar-refractivity contribution in [2.45, 2.75) is 25.3 Å². The van der Waals surface area contributed by atoms with Crippen molar-refractivity contribution < 1.29 is 17.9 Å². The number of amides is 1. The minimum atomic E-state index is -4.03. The Hall–Kier alpha value is -4.28. The average Bonchev–Trinajstić information content (AvgIpc) is 2.88. The Morgan fingerprint density at radius 1 is 1.00 bits per heavy atom. The van der Waals surface area contributed by atoms with E-state index in [4.69, 9.17) is 4.74 Å². The summed E-state index contributed by atoms with van der Waals surface area (Å²) < 4.78 is 33.7. The topological polar surface area (TPSA) is 121 Å². The summed E-state index contributed by atoms with van der Waals surface area (Å²) in [5.74, 6) is 0.424. The number of H-pyrrole nitrogens is 1. The number of anilines is 1. The number of nitrogens with zero attached hydrogens (tertiary/aromatic N) is 2. The summed E-state index contributed by atoms with van der Waals surface area (Å²) in [4.78, 5) is 32.0. The second kappa shape index (κ2) is 11.4. The van der Waals surface area contributed by atoms with Crippen molar-refractivity contribution in [2.24, 2.45) is 0 Å². The fraction of sp³-hybridized carbons (Fsp3) is 0.179. The van der Waals surface area contributed by atoms with Gasteiger partial charge in [0.15, 0.2) is 0 Å². The molecule has 0 aliphatic rings. The van der Waals surface area contributed by atoms with Gasteiger partial charge in [0, 0.05) is 29.6 Å². The number of aromatic nitrogens is 2. The molecule has 0 aliphatic carbocycles. The van der Waals surface area contributed by atoms with Crippen molar-refractivity contribution in [2.75, 3.05) is 19.0 Å². The number of carbonyl (C=O) groups excluding carboxylic acids is 1. The van der Waals surface area contributed by atoms with Crippen molar-refractivity contribution >= 4 is 21.6 Å². The maximum Gasteiger partial charge on any atom is 0.251 e. The fourth-order valence-corrected chi connectivity index (χ4v) is 5.46. The van der Waals surface area contributed by atoms with Gasteiger partial charge in [-0.15, -0.1) is 0 Å². The number of methoxy groups -OCH3 is 1. The van der Waals surface area contributed by atoms with Crippen LogP contribution in [0, 0.1) is 13.8 Å². The molecule has 1 aromatic heterocycles. The standard InChI is InChI=1S/C28H28N4O5S/c1-19-14-24(12-13-25(19)37-3)38(35,36)32(17-21-8-5-4-6-9-21)18-27(34)30-23-11-7-10-22(16-23)28-29-20(2)15-26(33)31-28/h4-16H,17-18H2,1-3H3,(H,30,34)(H,29,31,33). The van der Waals surface area contributed by atoms with Gasteiger partial charge in [-0.3, -0.25) is 9.59 Å². The summed E-state index contributed by atoms with van der Waals surface area (Å²) in [6.07, 6.45) is 0. The van der Waals surface area contributed by atoms with Gasteiger partial charge in [-0.1, -0.05) is 42.5 Å². The molecular weight excluding hydrogens is 504 g/mol. The monoisotopic (exact) mass is 532 g/mol. The zero-order valence-corrected chi connectivity index (χ0v) is 22.1. The first-order valence-electron chi connectivity index (χ1n) is 11.8. The van der Waals surface area contributed by atoms with Crippen molar-refractivity contribution in [1.82, 2.24) is 14.3 Å². The van der Waals surface area contributed by atoms with E-state index < -0.39 is 22.5 Å². The molecule has 4 rings (SSSR count). The number of ether oxygens (including phenoxy) is 1. The number of nitrogens with one attached hydrogen (secondary N) is 2. The smallest absolute Gasteiger partial charge is 0.251 e. The highest BCUT2D eigenvalue weighted by molar-refractivity contribution is 7.89. The lowest BCUT2D eigenvalue weighted by molar-refractivity contribution is -0.116. The summed E-state index contributed by atoms with van der Waals surface area (Å²) in [6, 6.07) is 21.9. The molecule has 0 radical (unpaired) electrons. The second-order valence-corrected chi connectivity index (χ2v) is 10.7. The molecule has 10 heteroatoms. The van der Waals surface area contributed by atoms with Crippen LogP contribution in [0.2, 0.25) is 0 Å². The van der Waals surface area contributed by atoms with Crippen LogP contribution in [-0.4, -0.2) is 42.3 Å². The molecule has 9 nitrogen and oxygen atoms in total. The predicted molar refractivity (Wildman–Crippen MR) is 145 cm³/mol. The number of hydrogen-bond donors (Lipinski definition) is 2. The Labute approximate surface area is 221 Å². The number of benzene rings is 3. The molecule has 38 heavy (non-hydrogen) atoms. The first kappa shape index (κ1) is 26.8. The lowest BCUT2D eigenvalue weighted by atomic mass is 10.2. The fourth-order valence-electron chi connectivity index (χ4n) is 3.99. The normalized spacial score (nSPS) is 11.4. The number of hydrogen-bond acceptors (Lipinski definition) is 6. The first-order valence-corrected chi connectivity index (χ1v) is 13.3. The maximum absolute atomic E-state index is 13.6. The highest BCUT2D eigenvalue weighted by atomic mass is 32.2. The highest BCUT2D eigenvalue weighted by Gasteiger charge is 2.27. The first-order chi connectivity index (χ1) is 18.2. The molecule has 0 spiro atoms. The molecule has 1 amide bonds. The lowest BCUT2D eigenvalue weighted by Gasteiger charge is -2.22. The summed E-state index contributed by atoms with van der Waals surface area (Å²) >= 11 is 0. The summed E-state index contributed by atoms with van der Waals surface area (Å²) in [6.45, 7) is 3.08. The van der Waals surface area contributed by atoms with E-state index in [9.17, 15) is 18.0 Å². The van der Waals surface area contributed by atoms with Crippen LogP contribution in [0.5, 0.6) is 5.75 Å². The zero-order chi connectivity index (χ0) is 27.3. The minimum absolute atomic E-state index is 0.0101. The summed E-state index contributed by atoms with van der Waals surface area (Å²) in [5, 5.41) is 2.77. The van der Waals surface area contributed by atoms with E-state index in [2.05, 4.69) is 15.3 Å². The lowest BCUT2D eigenvalue weighted by Crippen LogP contribution is -2.37. The molecule has 4 aromatic rings. The van der Waals surface area contributed by atoms with Gasteiger partial charge in [0.05, 0.1) is 18.6 Å². The number of rotatable bonds is 9. The van der Waals surface area contributed by atoms with Crippen LogP contribution >= 0.6 is 0 Å². The number of carbonyl (C=O) groups is 1. The van der Waals surface area contributed by atoms with E-state index in [1.165, 1.54) is 25.3 Å². The largest absolute Gasteiger partial charge is 0.496 e. The van der Waals surface area contributed by atoms with Gasteiger partial charge in [0.25, 0.3) is 5.56 Å². The Kier molecular flexibility index (Phi) is 8.04. The van der Waals surface area contributed by atoms with Gasteiger partial charge in [0.2, 0.25) is 15.9 Å². The molecule has 0 atom stereocenters. The Balaban J connectivity index is 1.60. The number of aromatic amines is 1. The van der Waals surface area contributed by atoms with Gasteiger partial charge in [-0.05, 0) is 55.3 Å². The van der Waals surface area contributed by atoms with Crippen LogP contribution in [-0.2, 0) is 21.4 Å². The van der Waals surface area contributed by atoms with E-state index >= 15 is 0 Å². The second-order valence-electron chi connectivity index (χ2n) is 8.75. The molecule has 0 fully saturated rings. The van der Waals surface area contributed by atoms with E-state index in [1.54, 1.807) is 56.3 Å². The number of sulfonamides is 1. The Bertz CT molecular complexity index is 1620. The predicted octanol–water partition coefficient (Wildman–Crippen LogP) is 3.89.